The zero-order valence-electron chi connectivity index (χ0n) is 13.8. The summed E-state index contributed by atoms with van der Waals surface area (Å²) in [5.74, 6) is 0. The standard InChI is InChI=1S/C18H29BO3/c19-18(5-3-1-2-4-6-18)16(7-11-20)8-14-22-17(15-16)9-12-21-13-10-17/h11H,1-10,12-15H2. The second-order valence-corrected chi connectivity index (χ2v) is 7.79. The number of hydrogen-bond acceptors (Lipinski definition) is 3. The Bertz CT molecular complexity index is 378. The Morgan fingerprint density at radius 2 is 1.59 bits per heavy atom. The average molecular weight is 304 g/mol. The van der Waals surface area contributed by atoms with Gasteiger partial charge in [0, 0.05) is 26.2 Å². The van der Waals surface area contributed by atoms with Gasteiger partial charge in [-0.2, -0.15) is 0 Å². The Hall–Kier alpha value is -0.345. The van der Waals surface area contributed by atoms with Crippen LogP contribution in [0.1, 0.15) is 70.6 Å². The lowest BCUT2D eigenvalue weighted by Gasteiger charge is -2.57. The molecule has 1 spiro atoms. The number of rotatable bonds is 3. The van der Waals surface area contributed by atoms with Crippen LogP contribution in [-0.4, -0.2) is 39.6 Å². The Balaban J connectivity index is 1.87. The van der Waals surface area contributed by atoms with Gasteiger partial charge in [-0.3, -0.25) is 0 Å². The lowest BCUT2D eigenvalue weighted by atomic mass is 9.44. The predicted octanol–water partition coefficient (Wildman–Crippen LogP) is 3.60. The van der Waals surface area contributed by atoms with Gasteiger partial charge in [0.15, 0.2) is 0 Å². The Labute approximate surface area is 135 Å². The van der Waals surface area contributed by atoms with Crippen molar-refractivity contribution in [3.63, 3.8) is 0 Å². The highest BCUT2D eigenvalue weighted by Gasteiger charge is 2.54. The molecule has 0 N–H and O–H groups in total. The Morgan fingerprint density at radius 3 is 2.23 bits per heavy atom. The van der Waals surface area contributed by atoms with Crippen LogP contribution in [0.2, 0.25) is 5.31 Å². The van der Waals surface area contributed by atoms with Gasteiger partial charge in [-0.15, -0.1) is 0 Å². The fourth-order valence-corrected chi connectivity index (χ4v) is 5.14. The van der Waals surface area contributed by atoms with Crippen LogP contribution in [0.25, 0.3) is 0 Å². The quantitative estimate of drug-likeness (QED) is 0.454. The smallest absolute Gasteiger partial charge is 0.120 e. The summed E-state index contributed by atoms with van der Waals surface area (Å²) in [6, 6.07) is 0. The molecule has 3 aliphatic rings. The lowest BCUT2D eigenvalue weighted by Crippen LogP contribution is -2.53. The van der Waals surface area contributed by atoms with E-state index in [9.17, 15) is 4.79 Å². The summed E-state index contributed by atoms with van der Waals surface area (Å²) in [5, 5.41) is -0.195. The molecule has 1 saturated carbocycles. The maximum absolute atomic E-state index is 11.5. The number of aldehydes is 1. The highest BCUT2D eigenvalue weighted by atomic mass is 16.5. The molecule has 0 aromatic heterocycles. The minimum atomic E-state index is -0.195. The normalized spacial score (nSPS) is 34.9. The number of ether oxygens (including phenoxy) is 2. The summed E-state index contributed by atoms with van der Waals surface area (Å²) in [6.07, 6.45) is 12.6. The first-order valence-corrected chi connectivity index (χ1v) is 9.08. The van der Waals surface area contributed by atoms with E-state index in [1.165, 1.54) is 25.7 Å². The zero-order valence-corrected chi connectivity index (χ0v) is 13.8. The SMILES string of the molecule is [B]C1(C2(CC=O)CCOC3(CCOCC3)C2)CCCCCC1. The second kappa shape index (κ2) is 6.64. The first kappa shape index (κ1) is 16.5. The highest BCUT2D eigenvalue weighted by molar-refractivity contribution is 6.16. The molecule has 4 heteroatoms. The third kappa shape index (κ3) is 3.01. The molecule has 1 atom stereocenters. The van der Waals surface area contributed by atoms with Crippen LogP contribution in [0.3, 0.4) is 0 Å². The Morgan fingerprint density at radius 1 is 0.909 bits per heavy atom. The van der Waals surface area contributed by atoms with Gasteiger partial charge >= 0.3 is 0 Å². The van der Waals surface area contributed by atoms with E-state index in [1.54, 1.807) is 0 Å². The topological polar surface area (TPSA) is 35.5 Å². The third-order valence-electron chi connectivity index (χ3n) is 6.58. The van der Waals surface area contributed by atoms with Gasteiger partial charge in [-0.05, 0) is 31.1 Å². The van der Waals surface area contributed by atoms with E-state index >= 15 is 0 Å². The molecule has 0 bridgehead atoms. The van der Waals surface area contributed by atoms with Crippen LogP contribution in [0, 0.1) is 5.41 Å². The summed E-state index contributed by atoms with van der Waals surface area (Å²) in [4.78, 5) is 11.5. The monoisotopic (exact) mass is 304 g/mol. The van der Waals surface area contributed by atoms with Gasteiger partial charge in [0.25, 0.3) is 0 Å². The average Bonchev–Trinajstić information content (AvgIpc) is 2.74. The molecule has 2 aliphatic heterocycles. The molecule has 122 valence electrons. The van der Waals surface area contributed by atoms with Crippen LogP contribution in [0.15, 0.2) is 0 Å². The second-order valence-electron chi connectivity index (χ2n) is 7.79. The largest absolute Gasteiger partial charge is 0.381 e. The summed E-state index contributed by atoms with van der Waals surface area (Å²) >= 11 is 0. The first-order valence-electron chi connectivity index (χ1n) is 9.08. The minimum absolute atomic E-state index is 0.0747. The number of carbonyl (C=O) groups excluding carboxylic acids is 1. The van der Waals surface area contributed by atoms with Gasteiger partial charge in [0.2, 0.25) is 0 Å². The fourth-order valence-electron chi connectivity index (χ4n) is 5.14. The predicted molar refractivity (Wildman–Crippen MR) is 87.2 cm³/mol. The van der Waals surface area contributed by atoms with Crippen LogP contribution in [-0.2, 0) is 14.3 Å². The van der Waals surface area contributed by atoms with Crippen LogP contribution >= 0.6 is 0 Å². The molecule has 3 rings (SSSR count). The molecular formula is C18H29BO3. The van der Waals surface area contributed by atoms with Crippen molar-refractivity contribution in [3.8, 4) is 0 Å². The molecule has 2 heterocycles. The highest BCUT2D eigenvalue weighted by Crippen LogP contribution is 2.62. The zero-order chi connectivity index (χ0) is 15.5. The van der Waals surface area contributed by atoms with Gasteiger partial charge in [-0.1, -0.05) is 43.8 Å². The first-order chi connectivity index (χ1) is 10.6. The van der Waals surface area contributed by atoms with Crippen molar-refractivity contribution in [2.24, 2.45) is 5.41 Å². The van der Waals surface area contributed by atoms with Crippen LogP contribution < -0.4 is 0 Å². The number of hydrogen-bond donors (Lipinski definition) is 0. The summed E-state index contributed by atoms with van der Waals surface area (Å²) in [5.41, 5.74) is -0.174. The molecule has 1 aliphatic carbocycles. The van der Waals surface area contributed by atoms with E-state index in [2.05, 4.69) is 0 Å². The molecule has 1 unspecified atom stereocenters. The molecule has 2 saturated heterocycles. The van der Waals surface area contributed by atoms with E-state index in [-0.39, 0.29) is 16.3 Å². The number of carbonyl (C=O) groups is 1. The van der Waals surface area contributed by atoms with E-state index < -0.39 is 0 Å². The van der Waals surface area contributed by atoms with E-state index in [4.69, 9.17) is 17.3 Å². The fraction of sp³-hybridized carbons (Fsp3) is 0.944. The van der Waals surface area contributed by atoms with Crippen molar-refractivity contribution in [1.82, 2.24) is 0 Å². The molecule has 0 amide bonds. The minimum Gasteiger partial charge on any atom is -0.381 e. The van der Waals surface area contributed by atoms with Crippen molar-refractivity contribution in [2.75, 3.05) is 19.8 Å². The van der Waals surface area contributed by atoms with Crippen LogP contribution in [0.4, 0.5) is 0 Å². The van der Waals surface area contributed by atoms with Crippen molar-refractivity contribution in [1.29, 1.82) is 0 Å². The van der Waals surface area contributed by atoms with Crippen molar-refractivity contribution in [3.05, 3.63) is 0 Å². The summed E-state index contributed by atoms with van der Waals surface area (Å²) in [7, 11) is 7.00. The maximum Gasteiger partial charge on any atom is 0.120 e. The molecule has 2 radical (unpaired) electrons. The van der Waals surface area contributed by atoms with Crippen molar-refractivity contribution < 1.29 is 14.3 Å². The van der Waals surface area contributed by atoms with Gasteiger partial charge in [0.1, 0.15) is 6.29 Å². The molecule has 0 aromatic carbocycles. The Kier molecular flexibility index (Phi) is 4.99. The molecule has 3 fully saturated rings. The molecule has 3 nitrogen and oxygen atoms in total. The van der Waals surface area contributed by atoms with E-state index in [1.807, 2.05) is 0 Å². The van der Waals surface area contributed by atoms with Crippen molar-refractivity contribution in [2.45, 2.75) is 81.5 Å². The molecular weight excluding hydrogens is 275 g/mol. The summed E-state index contributed by atoms with van der Waals surface area (Å²) in [6.45, 7) is 2.29. The molecule has 22 heavy (non-hydrogen) atoms. The third-order valence-corrected chi connectivity index (χ3v) is 6.58. The van der Waals surface area contributed by atoms with Gasteiger partial charge in [-0.25, -0.2) is 0 Å². The molecule has 0 aromatic rings. The van der Waals surface area contributed by atoms with Crippen molar-refractivity contribution >= 4 is 14.1 Å². The van der Waals surface area contributed by atoms with Crippen LogP contribution in [0.5, 0.6) is 0 Å². The van der Waals surface area contributed by atoms with E-state index in [0.717, 1.165) is 64.6 Å². The summed E-state index contributed by atoms with van der Waals surface area (Å²) < 4.78 is 11.8. The lowest BCUT2D eigenvalue weighted by molar-refractivity contribution is -0.178. The van der Waals surface area contributed by atoms with Gasteiger partial charge < -0.3 is 14.3 Å². The van der Waals surface area contributed by atoms with E-state index in [0.29, 0.717) is 6.42 Å². The maximum atomic E-state index is 11.5. The van der Waals surface area contributed by atoms with Gasteiger partial charge in [0.05, 0.1) is 13.4 Å².